The molecule has 2 aromatic heterocycles. The van der Waals surface area contributed by atoms with E-state index in [9.17, 15) is 4.79 Å². The second kappa shape index (κ2) is 6.78. The monoisotopic (exact) mass is 365 g/mol. The van der Waals surface area contributed by atoms with Crippen molar-refractivity contribution in [2.75, 3.05) is 26.7 Å². The molecule has 3 fully saturated rings. The Balaban J connectivity index is 1.38. The highest BCUT2D eigenvalue weighted by molar-refractivity contribution is 8.01. The summed E-state index contributed by atoms with van der Waals surface area (Å²) in [5, 5.41) is 3.73. The van der Waals surface area contributed by atoms with Gasteiger partial charge < -0.3 is 19.4 Å². The number of thiophene rings is 1. The molecule has 6 nitrogen and oxygen atoms in total. The Kier molecular flexibility index (Phi) is 4.51. The van der Waals surface area contributed by atoms with Gasteiger partial charge in [-0.2, -0.15) is 4.98 Å². The predicted octanol–water partition coefficient (Wildman–Crippen LogP) is 2.72. The van der Waals surface area contributed by atoms with Crippen LogP contribution in [-0.4, -0.2) is 48.6 Å². The van der Waals surface area contributed by atoms with Crippen molar-refractivity contribution in [1.29, 1.82) is 0 Å². The fraction of sp³-hybridized carbons (Fsp3) is 0.500. The molecule has 0 saturated carbocycles. The third-order valence-corrected chi connectivity index (χ3v) is 6.71. The number of amides is 1. The Morgan fingerprint density at radius 3 is 2.96 bits per heavy atom. The van der Waals surface area contributed by atoms with Crippen molar-refractivity contribution < 1.29 is 13.9 Å². The lowest BCUT2D eigenvalue weighted by atomic mass is 9.84. The van der Waals surface area contributed by atoms with E-state index in [2.05, 4.69) is 15.2 Å². The van der Waals surface area contributed by atoms with Gasteiger partial charge in [0.2, 0.25) is 0 Å². The van der Waals surface area contributed by atoms with Gasteiger partial charge in [-0.15, -0.1) is 11.3 Å². The average molecular weight is 365 g/mol. The zero-order chi connectivity index (χ0) is 16.5. The largest absolute Gasteiger partial charge is 0.479 e. The molecule has 0 radical (unpaired) electrons. The van der Waals surface area contributed by atoms with Gasteiger partial charge >= 0.3 is 0 Å². The highest BCUT2D eigenvalue weighted by Crippen LogP contribution is 2.34. The number of nitrogens with one attached hydrogen (secondary N) is 1. The quantitative estimate of drug-likeness (QED) is 0.879. The molecule has 1 atom stereocenters. The summed E-state index contributed by atoms with van der Waals surface area (Å²) in [5.74, 6) is 1.11. The predicted molar refractivity (Wildman–Crippen MR) is 91.9 cm³/mol. The second-order valence-corrected chi connectivity index (χ2v) is 8.43. The van der Waals surface area contributed by atoms with Crippen LogP contribution in [0.25, 0.3) is 0 Å². The first-order chi connectivity index (χ1) is 11.7. The molecule has 0 aromatic carbocycles. The van der Waals surface area contributed by atoms with Crippen molar-refractivity contribution in [2.24, 2.45) is 5.92 Å². The van der Waals surface area contributed by atoms with Crippen LogP contribution >= 0.6 is 23.1 Å². The summed E-state index contributed by atoms with van der Waals surface area (Å²) >= 11 is 2.85. The van der Waals surface area contributed by atoms with Gasteiger partial charge in [0.05, 0.1) is 16.2 Å². The maximum absolute atomic E-state index is 12.5. The lowest BCUT2D eigenvalue weighted by molar-refractivity contribution is 0.0622. The Bertz CT molecular complexity index is 722. The van der Waals surface area contributed by atoms with E-state index in [1.54, 1.807) is 7.11 Å². The highest BCUT2D eigenvalue weighted by atomic mass is 32.2. The standard InChI is InChI=1S/C16H19N3O3S2/c1-21-13-9-22-16(18-13)24-14-3-2-12(23-14)15(20)17-11-8-19-6-4-10(11)5-7-19/h2-3,9-11H,4-8H2,1H3,(H,17,20). The molecule has 2 bridgehead atoms. The molecule has 8 heteroatoms. The van der Waals surface area contributed by atoms with Crippen LogP contribution in [0.2, 0.25) is 0 Å². The Hall–Kier alpha value is -1.51. The molecule has 3 aliphatic rings. The summed E-state index contributed by atoms with van der Waals surface area (Å²) in [6.07, 6.45) is 3.86. The topological polar surface area (TPSA) is 67.6 Å². The van der Waals surface area contributed by atoms with Crippen LogP contribution in [0, 0.1) is 5.92 Å². The molecule has 2 aromatic rings. The van der Waals surface area contributed by atoms with Gasteiger partial charge in [-0.3, -0.25) is 4.79 Å². The number of methoxy groups -OCH3 is 1. The van der Waals surface area contributed by atoms with E-state index in [1.165, 1.54) is 55.3 Å². The van der Waals surface area contributed by atoms with E-state index in [4.69, 9.17) is 9.15 Å². The molecule has 0 aliphatic carbocycles. The zero-order valence-electron chi connectivity index (χ0n) is 13.4. The number of piperidine rings is 3. The maximum atomic E-state index is 12.5. The minimum Gasteiger partial charge on any atom is -0.479 e. The molecule has 5 heterocycles. The van der Waals surface area contributed by atoms with Gasteiger partial charge in [0.25, 0.3) is 17.0 Å². The van der Waals surface area contributed by atoms with Crippen LogP contribution in [0.5, 0.6) is 5.88 Å². The smallest absolute Gasteiger partial charge is 0.264 e. The molecule has 1 unspecified atom stereocenters. The average Bonchev–Trinajstić information content (AvgIpc) is 3.26. The van der Waals surface area contributed by atoms with Crippen LogP contribution in [0.1, 0.15) is 22.5 Å². The third kappa shape index (κ3) is 3.31. The van der Waals surface area contributed by atoms with E-state index in [0.29, 0.717) is 17.0 Å². The fourth-order valence-corrected chi connectivity index (χ4v) is 5.17. The molecule has 0 spiro atoms. The van der Waals surface area contributed by atoms with Crippen LogP contribution < -0.4 is 10.1 Å². The minimum atomic E-state index is 0.0237. The Morgan fingerprint density at radius 2 is 2.29 bits per heavy atom. The number of aromatic nitrogens is 1. The number of fused-ring (bicyclic) bond motifs is 3. The summed E-state index contributed by atoms with van der Waals surface area (Å²) in [7, 11) is 1.55. The Labute approximate surface area is 148 Å². The summed E-state index contributed by atoms with van der Waals surface area (Å²) in [5.41, 5.74) is 0. The van der Waals surface area contributed by atoms with Gasteiger partial charge in [-0.25, -0.2) is 0 Å². The molecule has 3 aliphatic heterocycles. The number of rotatable bonds is 5. The van der Waals surface area contributed by atoms with Crippen LogP contribution in [0.15, 0.2) is 32.2 Å². The summed E-state index contributed by atoms with van der Waals surface area (Å²) in [6, 6.07) is 4.08. The number of carbonyl (C=O) groups is 1. The number of carbonyl (C=O) groups excluding carboxylic acids is 1. The van der Waals surface area contributed by atoms with Crippen molar-refractivity contribution in [3.63, 3.8) is 0 Å². The van der Waals surface area contributed by atoms with Crippen molar-refractivity contribution in [1.82, 2.24) is 15.2 Å². The molecule has 3 saturated heterocycles. The van der Waals surface area contributed by atoms with Crippen molar-refractivity contribution in [2.45, 2.75) is 28.3 Å². The van der Waals surface area contributed by atoms with Crippen LogP contribution in [-0.2, 0) is 0 Å². The molecule has 1 amide bonds. The second-order valence-electron chi connectivity index (χ2n) is 6.09. The number of nitrogens with zero attached hydrogens (tertiary/aromatic N) is 2. The lowest BCUT2D eigenvalue weighted by Gasteiger charge is -2.44. The highest BCUT2D eigenvalue weighted by Gasteiger charge is 2.35. The van der Waals surface area contributed by atoms with Crippen LogP contribution in [0.4, 0.5) is 0 Å². The minimum absolute atomic E-state index is 0.0237. The third-order valence-electron chi connectivity index (χ3n) is 4.64. The zero-order valence-corrected chi connectivity index (χ0v) is 15.0. The van der Waals surface area contributed by atoms with E-state index in [-0.39, 0.29) is 11.9 Å². The molecular formula is C16H19N3O3S2. The fourth-order valence-electron chi connectivity index (χ4n) is 3.34. The number of hydrogen-bond donors (Lipinski definition) is 1. The number of oxazole rings is 1. The van der Waals surface area contributed by atoms with Gasteiger partial charge in [0.15, 0.2) is 6.26 Å². The first-order valence-corrected chi connectivity index (χ1v) is 9.65. The Morgan fingerprint density at radius 1 is 1.46 bits per heavy atom. The first kappa shape index (κ1) is 16.0. The maximum Gasteiger partial charge on any atom is 0.264 e. The summed E-state index contributed by atoms with van der Waals surface area (Å²) in [6.45, 7) is 3.34. The van der Waals surface area contributed by atoms with Gasteiger partial charge in [0, 0.05) is 12.6 Å². The number of ether oxygens (including phenoxy) is 1. The molecule has 1 N–H and O–H groups in total. The van der Waals surface area contributed by atoms with E-state index >= 15 is 0 Å². The SMILES string of the molecule is COc1coc(Sc2ccc(C(=O)NC3CN4CCC3CC4)s2)n1. The molecule has 5 rings (SSSR count). The summed E-state index contributed by atoms with van der Waals surface area (Å²) < 4.78 is 11.3. The lowest BCUT2D eigenvalue weighted by Crippen LogP contribution is -2.57. The molecular weight excluding hydrogens is 346 g/mol. The van der Waals surface area contributed by atoms with E-state index < -0.39 is 0 Å². The van der Waals surface area contributed by atoms with Gasteiger partial charge in [-0.1, -0.05) is 0 Å². The normalized spacial score (nSPS) is 25.6. The first-order valence-electron chi connectivity index (χ1n) is 8.01. The molecule has 128 valence electrons. The van der Waals surface area contributed by atoms with Crippen molar-refractivity contribution in [3.05, 3.63) is 23.3 Å². The van der Waals surface area contributed by atoms with Gasteiger partial charge in [-0.05, 0) is 55.7 Å². The molecule has 24 heavy (non-hydrogen) atoms. The number of hydrogen-bond acceptors (Lipinski definition) is 7. The summed E-state index contributed by atoms with van der Waals surface area (Å²) in [4.78, 5) is 19.9. The van der Waals surface area contributed by atoms with Gasteiger partial charge in [0.1, 0.15) is 0 Å². The van der Waals surface area contributed by atoms with Crippen LogP contribution in [0.3, 0.4) is 0 Å². The van der Waals surface area contributed by atoms with E-state index in [0.717, 1.165) is 15.6 Å². The van der Waals surface area contributed by atoms with Crippen molar-refractivity contribution >= 4 is 29.0 Å². The van der Waals surface area contributed by atoms with E-state index in [1.807, 2.05) is 12.1 Å². The van der Waals surface area contributed by atoms with Crippen molar-refractivity contribution in [3.8, 4) is 5.88 Å².